The van der Waals surface area contributed by atoms with Crippen molar-refractivity contribution in [3.05, 3.63) is 51.8 Å². The van der Waals surface area contributed by atoms with Gasteiger partial charge in [-0.25, -0.2) is 0 Å². The number of nitrogens with zero attached hydrogens (tertiary/aromatic N) is 2. The lowest BCUT2D eigenvalue weighted by Crippen LogP contribution is -2.25. The Morgan fingerprint density at radius 2 is 2.16 bits per heavy atom. The van der Waals surface area contributed by atoms with E-state index in [4.69, 9.17) is 11.6 Å². The van der Waals surface area contributed by atoms with Crippen molar-refractivity contribution in [1.29, 1.82) is 0 Å². The first-order valence-electron chi connectivity index (χ1n) is 6.01. The van der Waals surface area contributed by atoms with E-state index >= 15 is 0 Å². The third kappa shape index (κ3) is 2.96. The van der Waals surface area contributed by atoms with E-state index < -0.39 is 0 Å². The van der Waals surface area contributed by atoms with Crippen molar-refractivity contribution in [2.75, 3.05) is 0 Å². The number of hydrogen-bond acceptors (Lipinski definition) is 2. The molecule has 0 saturated heterocycles. The maximum Gasteiger partial charge on any atom is 0.251 e. The molecule has 0 bridgehead atoms. The molecule has 0 aliphatic carbocycles. The lowest BCUT2D eigenvalue weighted by molar-refractivity contribution is 0.0949. The van der Waals surface area contributed by atoms with Gasteiger partial charge in [0.05, 0.1) is 23.5 Å². The minimum atomic E-state index is -0.0986. The van der Waals surface area contributed by atoms with Crippen LogP contribution in [-0.4, -0.2) is 15.7 Å². The number of aryl methyl sites for hydroxylation is 3. The van der Waals surface area contributed by atoms with Gasteiger partial charge < -0.3 is 5.32 Å². The van der Waals surface area contributed by atoms with Crippen molar-refractivity contribution in [2.45, 2.75) is 20.4 Å². The molecule has 0 radical (unpaired) electrons. The minimum Gasteiger partial charge on any atom is -0.346 e. The molecule has 0 fully saturated rings. The first kappa shape index (κ1) is 13.6. The highest BCUT2D eigenvalue weighted by atomic mass is 35.5. The van der Waals surface area contributed by atoms with E-state index in [0.29, 0.717) is 17.1 Å². The van der Waals surface area contributed by atoms with Crippen molar-refractivity contribution < 1.29 is 4.79 Å². The van der Waals surface area contributed by atoms with Gasteiger partial charge in [0.2, 0.25) is 0 Å². The average molecular weight is 278 g/mol. The van der Waals surface area contributed by atoms with E-state index in [-0.39, 0.29) is 5.91 Å². The monoisotopic (exact) mass is 277 g/mol. The second-order valence-corrected chi connectivity index (χ2v) is 4.97. The Morgan fingerprint density at radius 3 is 2.79 bits per heavy atom. The number of nitrogens with one attached hydrogen (secondary N) is 1. The molecular weight excluding hydrogens is 262 g/mol. The summed E-state index contributed by atoms with van der Waals surface area (Å²) in [6.45, 7) is 4.25. The summed E-state index contributed by atoms with van der Waals surface area (Å²) in [5, 5.41) is 7.46. The van der Waals surface area contributed by atoms with Crippen molar-refractivity contribution >= 4 is 17.5 Å². The van der Waals surface area contributed by atoms with Crippen molar-refractivity contribution in [1.82, 2.24) is 15.1 Å². The van der Waals surface area contributed by atoms with Crippen LogP contribution in [0.15, 0.2) is 24.4 Å². The summed E-state index contributed by atoms with van der Waals surface area (Å²) < 4.78 is 1.66. The number of rotatable bonds is 3. The molecule has 0 aliphatic rings. The zero-order valence-electron chi connectivity index (χ0n) is 11.2. The van der Waals surface area contributed by atoms with E-state index in [9.17, 15) is 4.79 Å². The van der Waals surface area contributed by atoms with Crippen LogP contribution in [0.2, 0.25) is 5.02 Å². The largest absolute Gasteiger partial charge is 0.346 e. The summed E-state index contributed by atoms with van der Waals surface area (Å²) in [7, 11) is 1.80. The molecule has 0 saturated carbocycles. The first-order valence-corrected chi connectivity index (χ1v) is 6.38. The maximum absolute atomic E-state index is 12.2. The Balaban J connectivity index is 2.12. The molecule has 4 nitrogen and oxygen atoms in total. The van der Waals surface area contributed by atoms with Crippen LogP contribution < -0.4 is 5.32 Å². The molecule has 0 atom stereocenters. The summed E-state index contributed by atoms with van der Waals surface area (Å²) in [4.78, 5) is 12.2. The number of aromatic nitrogens is 2. The Morgan fingerprint density at radius 1 is 1.42 bits per heavy atom. The van der Waals surface area contributed by atoms with Crippen LogP contribution in [0.25, 0.3) is 0 Å². The van der Waals surface area contributed by atoms with Crippen molar-refractivity contribution in [3.8, 4) is 0 Å². The highest BCUT2D eigenvalue weighted by molar-refractivity contribution is 6.31. The van der Waals surface area contributed by atoms with Gasteiger partial charge in [0.15, 0.2) is 0 Å². The van der Waals surface area contributed by atoms with Gasteiger partial charge in [-0.1, -0.05) is 29.3 Å². The summed E-state index contributed by atoms with van der Waals surface area (Å²) in [5.74, 6) is -0.0986. The number of hydrogen-bond donors (Lipinski definition) is 1. The van der Waals surface area contributed by atoms with Crippen LogP contribution >= 0.6 is 11.6 Å². The normalized spacial score (nSPS) is 10.5. The number of halogens is 1. The predicted octanol–water partition coefficient (Wildman–Crippen LogP) is 2.62. The molecule has 1 N–H and O–H groups in total. The van der Waals surface area contributed by atoms with Gasteiger partial charge in [-0.3, -0.25) is 9.48 Å². The quantitative estimate of drug-likeness (QED) is 0.937. The van der Waals surface area contributed by atoms with Gasteiger partial charge in [-0.05, 0) is 25.5 Å². The zero-order chi connectivity index (χ0) is 14.0. The average Bonchev–Trinajstić information content (AvgIpc) is 2.69. The molecule has 2 rings (SSSR count). The van der Waals surface area contributed by atoms with Gasteiger partial charge in [0, 0.05) is 12.6 Å². The fourth-order valence-corrected chi connectivity index (χ4v) is 2.11. The summed E-state index contributed by atoms with van der Waals surface area (Å²) in [6, 6.07) is 5.82. The molecule has 100 valence electrons. The van der Waals surface area contributed by atoms with Crippen LogP contribution in [-0.2, 0) is 13.6 Å². The lowest BCUT2D eigenvalue weighted by atomic mass is 10.1. The van der Waals surface area contributed by atoms with E-state index in [1.165, 1.54) is 0 Å². The Labute approximate surface area is 117 Å². The summed E-state index contributed by atoms with van der Waals surface area (Å²) in [5.41, 5.74) is 3.51. The van der Waals surface area contributed by atoms with Gasteiger partial charge in [-0.15, -0.1) is 0 Å². The summed E-state index contributed by atoms with van der Waals surface area (Å²) >= 11 is 6.00. The molecule has 1 aromatic heterocycles. The molecule has 2 aromatic rings. The number of benzene rings is 1. The number of carbonyl (C=O) groups excluding carboxylic acids is 1. The molecule has 1 amide bonds. The molecule has 0 spiro atoms. The van der Waals surface area contributed by atoms with Crippen LogP contribution in [0.3, 0.4) is 0 Å². The van der Waals surface area contributed by atoms with E-state index in [0.717, 1.165) is 16.8 Å². The number of amides is 1. The molecule has 1 heterocycles. The molecule has 5 heteroatoms. The molecule has 0 unspecified atom stereocenters. The smallest absolute Gasteiger partial charge is 0.251 e. The van der Waals surface area contributed by atoms with Crippen molar-refractivity contribution in [3.63, 3.8) is 0 Å². The fourth-order valence-electron chi connectivity index (χ4n) is 1.87. The predicted molar refractivity (Wildman–Crippen MR) is 75.3 cm³/mol. The fraction of sp³-hybridized carbons (Fsp3) is 0.286. The van der Waals surface area contributed by atoms with Crippen LogP contribution in [0.5, 0.6) is 0 Å². The topological polar surface area (TPSA) is 46.9 Å². The number of carbonyl (C=O) groups is 1. The van der Waals surface area contributed by atoms with E-state index in [2.05, 4.69) is 10.4 Å². The molecule has 19 heavy (non-hydrogen) atoms. The highest BCUT2D eigenvalue weighted by Crippen LogP contribution is 2.14. The molecular formula is C14H16ClN3O. The van der Waals surface area contributed by atoms with Crippen LogP contribution in [0.4, 0.5) is 0 Å². The maximum atomic E-state index is 12.2. The van der Waals surface area contributed by atoms with Gasteiger partial charge in [-0.2, -0.15) is 5.10 Å². The van der Waals surface area contributed by atoms with Gasteiger partial charge >= 0.3 is 0 Å². The van der Waals surface area contributed by atoms with Gasteiger partial charge in [0.25, 0.3) is 5.91 Å². The Bertz CT molecular complexity index is 600. The standard InChI is InChI=1S/C14H16ClN3O/c1-9-4-5-10(2)11(6-9)14(19)16-8-13-12(15)7-17-18(13)3/h4-7H,8H2,1-3H3,(H,16,19). The SMILES string of the molecule is Cc1ccc(C)c(C(=O)NCc2c(Cl)cnn2C)c1. The highest BCUT2D eigenvalue weighted by Gasteiger charge is 2.11. The minimum absolute atomic E-state index is 0.0986. The second kappa shape index (κ2) is 5.45. The van der Waals surface area contributed by atoms with Crippen LogP contribution in [0, 0.1) is 13.8 Å². The van der Waals surface area contributed by atoms with E-state index in [1.54, 1.807) is 17.9 Å². The first-order chi connectivity index (χ1) is 8.99. The van der Waals surface area contributed by atoms with Gasteiger partial charge in [0.1, 0.15) is 0 Å². The summed E-state index contributed by atoms with van der Waals surface area (Å²) in [6.07, 6.45) is 1.57. The zero-order valence-corrected chi connectivity index (χ0v) is 12.0. The lowest BCUT2D eigenvalue weighted by Gasteiger charge is -2.09. The second-order valence-electron chi connectivity index (χ2n) is 4.56. The van der Waals surface area contributed by atoms with Crippen molar-refractivity contribution in [2.24, 2.45) is 7.05 Å². The Kier molecular flexibility index (Phi) is 3.90. The molecule has 1 aromatic carbocycles. The molecule has 0 aliphatic heterocycles. The van der Waals surface area contributed by atoms with E-state index in [1.807, 2.05) is 32.0 Å². The van der Waals surface area contributed by atoms with Crippen LogP contribution in [0.1, 0.15) is 27.2 Å². The third-order valence-electron chi connectivity index (χ3n) is 3.06. The third-order valence-corrected chi connectivity index (χ3v) is 3.38. The Hall–Kier alpha value is -1.81.